The van der Waals surface area contributed by atoms with Gasteiger partial charge in [0, 0.05) is 22.2 Å². The summed E-state index contributed by atoms with van der Waals surface area (Å²) in [5.41, 5.74) is 2.27. The van der Waals surface area contributed by atoms with Crippen molar-refractivity contribution in [3.63, 3.8) is 0 Å². The Bertz CT molecular complexity index is 1020. The molecule has 0 aliphatic heterocycles. The third kappa shape index (κ3) is 3.61. The molecule has 0 saturated carbocycles. The number of halogens is 1. The van der Waals surface area contributed by atoms with E-state index in [9.17, 15) is 9.59 Å². The molecule has 1 heterocycles. The number of rotatable bonds is 6. The van der Waals surface area contributed by atoms with Crippen molar-refractivity contribution >= 4 is 34.3 Å². The zero-order valence-corrected chi connectivity index (χ0v) is 15.8. The van der Waals surface area contributed by atoms with Crippen LogP contribution in [0.2, 0.25) is 5.02 Å². The summed E-state index contributed by atoms with van der Waals surface area (Å²) in [5, 5.41) is 1.01. The molecule has 0 radical (unpaired) electrons. The fourth-order valence-corrected chi connectivity index (χ4v) is 3.25. The first-order chi connectivity index (χ1) is 13.0. The van der Waals surface area contributed by atoms with Crippen molar-refractivity contribution in [3.8, 4) is 11.5 Å². The molecule has 0 bridgehead atoms. The summed E-state index contributed by atoms with van der Waals surface area (Å²) in [6.07, 6.45) is 0. The highest BCUT2D eigenvalue weighted by Crippen LogP contribution is 2.36. The molecule has 0 aliphatic carbocycles. The van der Waals surface area contributed by atoms with Gasteiger partial charge in [0.05, 0.1) is 24.8 Å². The first-order valence-electron chi connectivity index (χ1n) is 8.15. The lowest BCUT2D eigenvalue weighted by Crippen LogP contribution is -2.15. The summed E-state index contributed by atoms with van der Waals surface area (Å²) in [7, 11) is 2.89. The van der Waals surface area contributed by atoms with E-state index >= 15 is 0 Å². The number of nitrogens with one attached hydrogen (secondary N) is 1. The van der Waals surface area contributed by atoms with Crippen LogP contribution in [0.5, 0.6) is 11.5 Å². The van der Waals surface area contributed by atoms with E-state index in [-0.39, 0.29) is 23.0 Å². The number of ketones is 1. The molecule has 0 amide bonds. The van der Waals surface area contributed by atoms with E-state index in [0.29, 0.717) is 17.1 Å². The van der Waals surface area contributed by atoms with Crippen LogP contribution in [0.15, 0.2) is 36.4 Å². The Labute approximate surface area is 161 Å². The average molecular weight is 388 g/mol. The standard InChI is InChI=1S/C20H18ClNO5/c1-11-18(13-6-4-5-7-15(13)22-11)16(23)10-27-20(24)12-8-14(21)19(26-3)17(9-12)25-2/h4-9,22H,10H2,1-3H3. The Morgan fingerprint density at radius 2 is 1.85 bits per heavy atom. The van der Waals surface area contributed by atoms with Crippen molar-refractivity contribution in [2.75, 3.05) is 20.8 Å². The van der Waals surface area contributed by atoms with E-state index in [2.05, 4.69) is 4.98 Å². The summed E-state index contributed by atoms with van der Waals surface area (Å²) in [5.74, 6) is -0.342. The molecule has 0 fully saturated rings. The lowest BCUT2D eigenvalue weighted by molar-refractivity contribution is 0.0474. The molecule has 7 heteroatoms. The SMILES string of the molecule is COc1cc(C(=O)OCC(=O)c2c(C)[nH]c3ccccc23)cc(Cl)c1OC. The van der Waals surface area contributed by atoms with Gasteiger partial charge in [0.1, 0.15) is 0 Å². The number of hydrogen-bond acceptors (Lipinski definition) is 5. The number of carbonyl (C=O) groups excluding carboxylic acids is 2. The van der Waals surface area contributed by atoms with Crippen LogP contribution in [-0.2, 0) is 4.74 Å². The maximum absolute atomic E-state index is 12.6. The Balaban J connectivity index is 1.78. The van der Waals surface area contributed by atoms with Crippen LogP contribution < -0.4 is 9.47 Å². The van der Waals surface area contributed by atoms with E-state index in [1.807, 2.05) is 31.2 Å². The van der Waals surface area contributed by atoms with Gasteiger partial charge in [-0.05, 0) is 25.1 Å². The van der Waals surface area contributed by atoms with Gasteiger partial charge >= 0.3 is 5.97 Å². The van der Waals surface area contributed by atoms with Crippen LogP contribution in [0.3, 0.4) is 0 Å². The second-order valence-corrected chi connectivity index (χ2v) is 6.27. The fourth-order valence-electron chi connectivity index (χ4n) is 2.96. The van der Waals surface area contributed by atoms with E-state index in [0.717, 1.165) is 16.6 Å². The number of fused-ring (bicyclic) bond motifs is 1. The Kier molecular flexibility index (Phi) is 5.37. The first-order valence-corrected chi connectivity index (χ1v) is 8.53. The molecule has 6 nitrogen and oxygen atoms in total. The van der Waals surface area contributed by atoms with Crippen LogP contribution in [0.4, 0.5) is 0 Å². The monoisotopic (exact) mass is 387 g/mol. The van der Waals surface area contributed by atoms with Crippen LogP contribution in [0.1, 0.15) is 26.4 Å². The predicted molar refractivity (Wildman–Crippen MR) is 102 cm³/mol. The second-order valence-electron chi connectivity index (χ2n) is 5.86. The second kappa shape index (κ2) is 7.72. The van der Waals surface area contributed by atoms with Gasteiger partial charge in [0.15, 0.2) is 18.1 Å². The van der Waals surface area contributed by atoms with E-state index in [1.54, 1.807) is 0 Å². The number of methoxy groups -OCH3 is 2. The van der Waals surface area contributed by atoms with Gasteiger partial charge in [0.2, 0.25) is 5.78 Å². The summed E-state index contributed by atoms with van der Waals surface area (Å²) in [6, 6.07) is 10.3. The Morgan fingerprint density at radius 3 is 2.56 bits per heavy atom. The number of benzene rings is 2. The minimum atomic E-state index is -0.677. The molecular weight excluding hydrogens is 370 g/mol. The van der Waals surface area contributed by atoms with E-state index in [4.69, 9.17) is 25.8 Å². The van der Waals surface area contributed by atoms with Gasteiger partial charge in [-0.2, -0.15) is 0 Å². The largest absolute Gasteiger partial charge is 0.493 e. The highest BCUT2D eigenvalue weighted by Gasteiger charge is 2.20. The van der Waals surface area contributed by atoms with Crippen LogP contribution in [-0.4, -0.2) is 37.6 Å². The summed E-state index contributed by atoms with van der Waals surface area (Å²) >= 11 is 6.10. The van der Waals surface area contributed by atoms with Gasteiger partial charge in [-0.3, -0.25) is 4.79 Å². The molecule has 2 aromatic carbocycles. The first kappa shape index (κ1) is 18.8. The molecular formula is C20H18ClNO5. The highest BCUT2D eigenvalue weighted by molar-refractivity contribution is 6.32. The summed E-state index contributed by atoms with van der Waals surface area (Å²) < 4.78 is 15.5. The number of para-hydroxylation sites is 1. The quantitative estimate of drug-likeness (QED) is 0.507. The molecule has 27 heavy (non-hydrogen) atoms. The lowest BCUT2D eigenvalue weighted by atomic mass is 10.1. The molecule has 0 saturated heterocycles. The number of hydrogen-bond donors (Lipinski definition) is 1. The van der Waals surface area contributed by atoms with Crippen molar-refractivity contribution in [2.24, 2.45) is 0 Å². The van der Waals surface area contributed by atoms with Gasteiger partial charge in [0.25, 0.3) is 0 Å². The average Bonchev–Trinajstić information content (AvgIpc) is 3.00. The van der Waals surface area contributed by atoms with Crippen molar-refractivity contribution in [2.45, 2.75) is 6.92 Å². The molecule has 1 aromatic heterocycles. The number of esters is 1. The van der Waals surface area contributed by atoms with Crippen LogP contribution >= 0.6 is 11.6 Å². The number of aryl methyl sites for hydroxylation is 1. The molecule has 3 rings (SSSR count). The zero-order valence-electron chi connectivity index (χ0n) is 15.1. The number of aromatic amines is 1. The van der Waals surface area contributed by atoms with Gasteiger partial charge in [-0.15, -0.1) is 0 Å². The third-order valence-electron chi connectivity index (χ3n) is 4.18. The third-order valence-corrected chi connectivity index (χ3v) is 4.46. The summed E-state index contributed by atoms with van der Waals surface area (Å²) in [4.78, 5) is 28.1. The molecule has 3 aromatic rings. The van der Waals surface area contributed by atoms with Crippen molar-refractivity contribution in [3.05, 3.63) is 58.2 Å². The Hall–Kier alpha value is -2.99. The van der Waals surface area contributed by atoms with Crippen molar-refractivity contribution in [1.82, 2.24) is 4.98 Å². The van der Waals surface area contributed by atoms with Crippen molar-refractivity contribution in [1.29, 1.82) is 0 Å². The van der Waals surface area contributed by atoms with Gasteiger partial charge in [-0.1, -0.05) is 29.8 Å². The topological polar surface area (TPSA) is 77.6 Å². The summed E-state index contributed by atoms with van der Waals surface area (Å²) in [6.45, 7) is 1.43. The highest BCUT2D eigenvalue weighted by atomic mass is 35.5. The molecule has 140 valence electrons. The molecule has 0 atom stereocenters. The molecule has 0 aliphatic rings. The number of aromatic nitrogens is 1. The molecule has 0 unspecified atom stereocenters. The molecule has 0 spiro atoms. The minimum Gasteiger partial charge on any atom is -0.493 e. The number of ether oxygens (including phenoxy) is 3. The fraction of sp³-hybridized carbons (Fsp3) is 0.200. The van der Waals surface area contributed by atoms with Gasteiger partial charge in [-0.25, -0.2) is 4.79 Å². The lowest BCUT2D eigenvalue weighted by Gasteiger charge is -2.11. The van der Waals surface area contributed by atoms with Crippen LogP contribution in [0.25, 0.3) is 10.9 Å². The zero-order chi connectivity index (χ0) is 19.6. The molecule has 1 N–H and O–H groups in total. The maximum Gasteiger partial charge on any atom is 0.338 e. The predicted octanol–water partition coefficient (Wildman–Crippen LogP) is 4.19. The number of Topliss-reactive ketones (excluding diaryl/α,β-unsaturated/α-hetero) is 1. The van der Waals surface area contributed by atoms with Gasteiger partial charge < -0.3 is 19.2 Å². The van der Waals surface area contributed by atoms with E-state index < -0.39 is 5.97 Å². The normalized spacial score (nSPS) is 10.7. The number of H-pyrrole nitrogens is 1. The number of carbonyl (C=O) groups is 2. The minimum absolute atomic E-state index is 0.168. The van der Waals surface area contributed by atoms with Crippen molar-refractivity contribution < 1.29 is 23.8 Å². The maximum atomic E-state index is 12.6. The smallest absolute Gasteiger partial charge is 0.338 e. The Morgan fingerprint density at radius 1 is 1.11 bits per heavy atom. The van der Waals surface area contributed by atoms with E-state index in [1.165, 1.54) is 26.4 Å². The van der Waals surface area contributed by atoms with Crippen LogP contribution in [0, 0.1) is 6.92 Å².